The van der Waals surface area contributed by atoms with E-state index >= 15 is 0 Å². The Balaban J connectivity index is 2.18. The monoisotopic (exact) mass is 250 g/mol. The Bertz CT molecular complexity index is 349. The van der Waals surface area contributed by atoms with Crippen molar-refractivity contribution in [2.75, 3.05) is 20.2 Å². The van der Waals surface area contributed by atoms with Crippen LogP contribution in [0.2, 0.25) is 0 Å². The SMILES string of the molecule is COc1ccc(CCCC(=O)NCCCN)cc1. The lowest BCUT2D eigenvalue weighted by molar-refractivity contribution is -0.121. The molecule has 1 aromatic rings. The maximum Gasteiger partial charge on any atom is 0.220 e. The van der Waals surface area contributed by atoms with Gasteiger partial charge < -0.3 is 15.8 Å². The zero-order valence-corrected chi connectivity index (χ0v) is 10.9. The van der Waals surface area contributed by atoms with Crippen LogP contribution in [0.15, 0.2) is 24.3 Å². The standard InChI is InChI=1S/C14H22N2O2/c1-18-13-8-6-12(7-9-13)4-2-5-14(17)16-11-3-10-15/h6-9H,2-5,10-11,15H2,1H3,(H,16,17). The molecule has 0 bridgehead atoms. The number of aryl methyl sites for hydroxylation is 1. The van der Waals surface area contributed by atoms with Gasteiger partial charge in [0, 0.05) is 13.0 Å². The summed E-state index contributed by atoms with van der Waals surface area (Å²) in [5.74, 6) is 0.968. The molecule has 100 valence electrons. The van der Waals surface area contributed by atoms with Crippen LogP contribution in [0.5, 0.6) is 5.75 Å². The molecule has 0 atom stereocenters. The lowest BCUT2D eigenvalue weighted by atomic mass is 10.1. The van der Waals surface area contributed by atoms with E-state index in [4.69, 9.17) is 10.5 Å². The number of methoxy groups -OCH3 is 1. The van der Waals surface area contributed by atoms with E-state index in [1.807, 2.05) is 24.3 Å². The Labute approximate surface area is 109 Å². The first-order valence-electron chi connectivity index (χ1n) is 6.36. The molecule has 4 heteroatoms. The van der Waals surface area contributed by atoms with Crippen LogP contribution >= 0.6 is 0 Å². The highest BCUT2D eigenvalue weighted by Crippen LogP contribution is 2.13. The summed E-state index contributed by atoms with van der Waals surface area (Å²) in [5, 5.41) is 2.85. The third-order valence-electron chi connectivity index (χ3n) is 2.73. The molecule has 1 rings (SSSR count). The molecule has 1 aromatic carbocycles. The van der Waals surface area contributed by atoms with E-state index in [0.29, 0.717) is 19.5 Å². The van der Waals surface area contributed by atoms with E-state index in [9.17, 15) is 4.79 Å². The summed E-state index contributed by atoms with van der Waals surface area (Å²) in [6.07, 6.45) is 3.18. The second kappa shape index (κ2) is 8.53. The van der Waals surface area contributed by atoms with Gasteiger partial charge in [-0.15, -0.1) is 0 Å². The van der Waals surface area contributed by atoms with E-state index in [2.05, 4.69) is 5.32 Å². The van der Waals surface area contributed by atoms with E-state index in [1.165, 1.54) is 5.56 Å². The molecule has 1 amide bonds. The fourth-order valence-electron chi connectivity index (χ4n) is 1.66. The normalized spacial score (nSPS) is 10.1. The van der Waals surface area contributed by atoms with Gasteiger partial charge in [0.1, 0.15) is 5.75 Å². The molecule has 0 aromatic heterocycles. The van der Waals surface area contributed by atoms with Crippen molar-refractivity contribution in [3.63, 3.8) is 0 Å². The van der Waals surface area contributed by atoms with Crippen LogP contribution in [0.4, 0.5) is 0 Å². The third-order valence-corrected chi connectivity index (χ3v) is 2.73. The second-order valence-corrected chi connectivity index (χ2v) is 4.19. The Hall–Kier alpha value is -1.55. The zero-order valence-electron chi connectivity index (χ0n) is 10.9. The fourth-order valence-corrected chi connectivity index (χ4v) is 1.66. The zero-order chi connectivity index (χ0) is 13.2. The average molecular weight is 250 g/mol. The molecule has 0 unspecified atom stereocenters. The third kappa shape index (κ3) is 5.68. The van der Waals surface area contributed by atoms with Gasteiger partial charge >= 0.3 is 0 Å². The van der Waals surface area contributed by atoms with Crippen LogP contribution in [0.1, 0.15) is 24.8 Å². The molecule has 0 heterocycles. The van der Waals surface area contributed by atoms with Gasteiger partial charge in [-0.1, -0.05) is 12.1 Å². The van der Waals surface area contributed by atoms with Gasteiger partial charge in [-0.25, -0.2) is 0 Å². The molecule has 0 fully saturated rings. The van der Waals surface area contributed by atoms with E-state index < -0.39 is 0 Å². The second-order valence-electron chi connectivity index (χ2n) is 4.19. The van der Waals surface area contributed by atoms with Crippen molar-refractivity contribution in [2.24, 2.45) is 5.73 Å². The lowest BCUT2D eigenvalue weighted by Crippen LogP contribution is -2.25. The van der Waals surface area contributed by atoms with E-state index in [0.717, 1.165) is 25.0 Å². The topological polar surface area (TPSA) is 64.3 Å². The molecular formula is C14H22N2O2. The molecule has 3 N–H and O–H groups in total. The summed E-state index contributed by atoms with van der Waals surface area (Å²) in [7, 11) is 1.65. The quantitative estimate of drug-likeness (QED) is 0.687. The smallest absolute Gasteiger partial charge is 0.220 e. The number of nitrogens with one attached hydrogen (secondary N) is 1. The average Bonchev–Trinajstić information content (AvgIpc) is 2.40. The highest BCUT2D eigenvalue weighted by atomic mass is 16.5. The van der Waals surface area contributed by atoms with Gasteiger partial charge in [-0.3, -0.25) is 4.79 Å². The number of hydrogen-bond donors (Lipinski definition) is 2. The minimum absolute atomic E-state index is 0.108. The first-order chi connectivity index (χ1) is 8.76. The van der Waals surface area contributed by atoms with Crippen molar-refractivity contribution in [3.05, 3.63) is 29.8 Å². The molecule has 0 radical (unpaired) electrons. The highest BCUT2D eigenvalue weighted by Gasteiger charge is 2.01. The minimum atomic E-state index is 0.108. The van der Waals surface area contributed by atoms with Crippen LogP contribution < -0.4 is 15.8 Å². The number of ether oxygens (including phenoxy) is 1. The number of benzene rings is 1. The Morgan fingerprint density at radius 3 is 2.61 bits per heavy atom. The molecule has 0 aliphatic rings. The number of hydrogen-bond acceptors (Lipinski definition) is 3. The fraction of sp³-hybridized carbons (Fsp3) is 0.500. The summed E-state index contributed by atoms with van der Waals surface area (Å²) in [6.45, 7) is 1.30. The highest BCUT2D eigenvalue weighted by molar-refractivity contribution is 5.75. The molecule has 0 saturated heterocycles. The number of carbonyl (C=O) groups excluding carboxylic acids is 1. The van der Waals surface area contributed by atoms with Crippen molar-refractivity contribution in [1.29, 1.82) is 0 Å². The predicted molar refractivity (Wildman–Crippen MR) is 72.6 cm³/mol. The van der Waals surface area contributed by atoms with Crippen molar-refractivity contribution in [1.82, 2.24) is 5.32 Å². The number of rotatable bonds is 8. The van der Waals surface area contributed by atoms with Crippen LogP contribution in [-0.2, 0) is 11.2 Å². The Kier molecular flexibility index (Phi) is 6.87. The molecule has 0 aliphatic carbocycles. The van der Waals surface area contributed by atoms with Crippen molar-refractivity contribution >= 4 is 5.91 Å². The lowest BCUT2D eigenvalue weighted by Gasteiger charge is -2.05. The first kappa shape index (κ1) is 14.5. The van der Waals surface area contributed by atoms with Gasteiger partial charge in [0.15, 0.2) is 0 Å². The Morgan fingerprint density at radius 1 is 1.28 bits per heavy atom. The molecule has 0 saturated carbocycles. The summed E-state index contributed by atoms with van der Waals surface area (Å²) < 4.78 is 5.09. The van der Waals surface area contributed by atoms with Crippen molar-refractivity contribution < 1.29 is 9.53 Å². The number of nitrogens with two attached hydrogens (primary N) is 1. The molecule has 0 aliphatic heterocycles. The summed E-state index contributed by atoms with van der Waals surface area (Å²) in [6, 6.07) is 7.95. The molecular weight excluding hydrogens is 228 g/mol. The first-order valence-corrected chi connectivity index (χ1v) is 6.36. The summed E-state index contributed by atoms with van der Waals surface area (Å²) >= 11 is 0. The van der Waals surface area contributed by atoms with Crippen LogP contribution in [-0.4, -0.2) is 26.1 Å². The summed E-state index contributed by atoms with van der Waals surface area (Å²) in [4.78, 5) is 11.4. The van der Waals surface area contributed by atoms with Gasteiger partial charge in [0.2, 0.25) is 5.91 Å². The molecule has 18 heavy (non-hydrogen) atoms. The minimum Gasteiger partial charge on any atom is -0.497 e. The van der Waals surface area contributed by atoms with Crippen molar-refractivity contribution in [3.8, 4) is 5.75 Å². The number of amides is 1. The van der Waals surface area contributed by atoms with Crippen LogP contribution in [0.25, 0.3) is 0 Å². The molecule has 4 nitrogen and oxygen atoms in total. The van der Waals surface area contributed by atoms with Crippen LogP contribution in [0, 0.1) is 0 Å². The van der Waals surface area contributed by atoms with Gasteiger partial charge in [0.25, 0.3) is 0 Å². The maximum absolute atomic E-state index is 11.4. The maximum atomic E-state index is 11.4. The van der Waals surface area contributed by atoms with Crippen molar-refractivity contribution in [2.45, 2.75) is 25.7 Å². The molecule has 0 spiro atoms. The largest absolute Gasteiger partial charge is 0.497 e. The van der Waals surface area contributed by atoms with Crippen LogP contribution in [0.3, 0.4) is 0 Å². The summed E-state index contributed by atoms with van der Waals surface area (Å²) in [5.41, 5.74) is 6.58. The van der Waals surface area contributed by atoms with Gasteiger partial charge in [-0.05, 0) is 43.5 Å². The number of carbonyl (C=O) groups is 1. The van der Waals surface area contributed by atoms with Gasteiger partial charge in [-0.2, -0.15) is 0 Å². The van der Waals surface area contributed by atoms with E-state index in [1.54, 1.807) is 7.11 Å². The Morgan fingerprint density at radius 2 is 2.00 bits per heavy atom. The van der Waals surface area contributed by atoms with E-state index in [-0.39, 0.29) is 5.91 Å². The van der Waals surface area contributed by atoms with Gasteiger partial charge in [0.05, 0.1) is 7.11 Å². The predicted octanol–water partition coefficient (Wildman–Crippen LogP) is 1.48.